The fourth-order valence-corrected chi connectivity index (χ4v) is 10.4. The van der Waals surface area contributed by atoms with Crippen LogP contribution in [0, 0.1) is 5.41 Å². The molecule has 7 nitrogen and oxygen atoms in total. The van der Waals surface area contributed by atoms with E-state index in [1.54, 1.807) is 21.3 Å². The van der Waals surface area contributed by atoms with Crippen LogP contribution in [0.3, 0.4) is 0 Å². The summed E-state index contributed by atoms with van der Waals surface area (Å²) in [5.41, 5.74) is 1.50. The molecule has 0 saturated heterocycles. The Labute approximate surface area is 277 Å². The van der Waals surface area contributed by atoms with Crippen molar-refractivity contribution in [3.05, 3.63) is 133 Å². The first-order valence-corrected chi connectivity index (χ1v) is 17.5. The maximum atomic E-state index is 7.72. The molecule has 2 aromatic heterocycles. The lowest BCUT2D eigenvalue weighted by Gasteiger charge is -2.28. The van der Waals surface area contributed by atoms with Gasteiger partial charge in [-0.15, -0.1) is 0 Å². The summed E-state index contributed by atoms with van der Waals surface area (Å²) in [6.07, 6.45) is 0.879. The first kappa shape index (κ1) is 31.9. The van der Waals surface area contributed by atoms with Crippen molar-refractivity contribution in [1.82, 2.24) is 9.97 Å². The van der Waals surface area contributed by atoms with Crippen molar-refractivity contribution in [3.8, 4) is 34.6 Å². The van der Waals surface area contributed by atoms with Gasteiger partial charge < -0.3 is 18.9 Å². The Bertz CT molecular complexity index is 1870. The number of hydrogen-bond acceptors (Lipinski definition) is 7. The maximum absolute atomic E-state index is 7.72. The van der Waals surface area contributed by atoms with Gasteiger partial charge in [0.15, 0.2) is 6.40 Å². The third-order valence-electron chi connectivity index (χ3n) is 7.45. The molecule has 0 aliphatic heterocycles. The number of methoxy groups -OCH3 is 3. The predicted octanol–water partition coefficient (Wildman–Crippen LogP) is 5.67. The van der Waals surface area contributed by atoms with E-state index in [-0.39, 0.29) is 5.88 Å². The maximum Gasteiger partial charge on any atom is 0.225 e. The number of pyridine rings is 2. The van der Waals surface area contributed by atoms with Crippen molar-refractivity contribution >= 4 is 54.1 Å². The van der Waals surface area contributed by atoms with Crippen molar-refractivity contribution in [3.63, 3.8) is 0 Å². The van der Waals surface area contributed by atoms with E-state index < -0.39 is 15.8 Å². The van der Waals surface area contributed by atoms with Gasteiger partial charge in [-0.1, -0.05) is 121 Å². The zero-order valence-electron chi connectivity index (χ0n) is 26.2. The van der Waals surface area contributed by atoms with Gasteiger partial charge >= 0.3 is 0 Å². The summed E-state index contributed by atoms with van der Waals surface area (Å²) in [5.74, 6) is 1.41. The third kappa shape index (κ3) is 6.73. The minimum Gasteiger partial charge on any atom is -0.481 e. The van der Waals surface area contributed by atoms with Gasteiger partial charge in [-0.05, 0) is 37.1 Å². The summed E-state index contributed by atoms with van der Waals surface area (Å²) in [4.78, 5) is 9.58. The summed E-state index contributed by atoms with van der Waals surface area (Å²) >= 11 is 0. The standard InChI is InChI=1S/C38H33N3O4P2/c1-42-33-24-31(46(27-16-8-4-9-17-27)28-18-10-5-11-19-28)35(37(40-33)43-2)36-32(25-34(45-26-39)41-38(36)44-3)47(29-20-12-6-13-21-29)30-22-14-7-15-23-30/h4-26,39H,1-3H3. The molecule has 234 valence electrons. The molecule has 6 rings (SSSR count). The SMILES string of the molecule is COc1cc(P(c2ccccc2)c2ccccc2)c(-c2c(P(c3ccccc3)c3ccccc3)cc(OC=N)nc2OC)c(OC)n1. The van der Waals surface area contributed by atoms with E-state index >= 15 is 0 Å². The Balaban J connectivity index is 1.77. The van der Waals surface area contributed by atoms with E-state index in [9.17, 15) is 0 Å². The molecular formula is C38H33N3O4P2. The van der Waals surface area contributed by atoms with Crippen LogP contribution in [0.25, 0.3) is 11.1 Å². The molecule has 0 aliphatic rings. The van der Waals surface area contributed by atoms with E-state index in [1.165, 1.54) is 0 Å². The van der Waals surface area contributed by atoms with Crippen LogP contribution in [0.4, 0.5) is 0 Å². The van der Waals surface area contributed by atoms with Gasteiger partial charge in [0.2, 0.25) is 23.5 Å². The molecule has 0 saturated carbocycles. The Kier molecular flexibility index (Phi) is 10.2. The highest BCUT2D eigenvalue weighted by molar-refractivity contribution is 7.80. The molecule has 1 N–H and O–H groups in total. The lowest BCUT2D eigenvalue weighted by molar-refractivity contribution is 0.365. The largest absolute Gasteiger partial charge is 0.481 e. The van der Waals surface area contributed by atoms with E-state index in [2.05, 4.69) is 72.8 Å². The Hall–Kier alpha value is -5.09. The minimum atomic E-state index is -1.19. The number of rotatable bonds is 12. The highest BCUT2D eigenvalue weighted by Gasteiger charge is 2.32. The highest BCUT2D eigenvalue weighted by atomic mass is 31.1. The van der Waals surface area contributed by atoms with Gasteiger partial charge in [0.05, 0.1) is 32.5 Å². The average Bonchev–Trinajstić information content (AvgIpc) is 3.13. The number of nitrogens with one attached hydrogen (secondary N) is 1. The monoisotopic (exact) mass is 657 g/mol. The molecule has 0 fully saturated rings. The molecule has 0 unspecified atom stereocenters. The molecule has 9 heteroatoms. The summed E-state index contributed by atoms with van der Waals surface area (Å²) in [6.45, 7) is 0. The van der Waals surface area contributed by atoms with Gasteiger partial charge in [0.1, 0.15) is 0 Å². The number of hydrogen-bond donors (Lipinski definition) is 1. The van der Waals surface area contributed by atoms with Crippen molar-refractivity contribution < 1.29 is 18.9 Å². The molecule has 0 spiro atoms. The van der Waals surface area contributed by atoms with Crippen LogP contribution in [0.15, 0.2) is 133 Å². The Morgan fingerprint density at radius 2 is 0.830 bits per heavy atom. The van der Waals surface area contributed by atoms with Gasteiger partial charge in [0.25, 0.3) is 0 Å². The molecule has 2 heterocycles. The van der Waals surface area contributed by atoms with Crippen molar-refractivity contribution in [2.24, 2.45) is 0 Å². The molecule has 4 aromatic carbocycles. The van der Waals surface area contributed by atoms with Crippen LogP contribution in [0.1, 0.15) is 0 Å². The topological polar surface area (TPSA) is 86.6 Å². The minimum absolute atomic E-state index is 0.255. The molecule has 0 aliphatic carbocycles. The predicted molar refractivity (Wildman–Crippen MR) is 194 cm³/mol. The fraction of sp³-hybridized carbons (Fsp3) is 0.0789. The van der Waals surface area contributed by atoms with Crippen LogP contribution in [0.5, 0.6) is 23.5 Å². The molecule has 0 radical (unpaired) electrons. The second kappa shape index (κ2) is 15.0. The number of nitrogens with zero attached hydrogens (tertiary/aromatic N) is 2. The summed E-state index contributed by atoms with van der Waals surface area (Å²) in [7, 11) is 2.48. The van der Waals surface area contributed by atoms with Gasteiger partial charge in [-0.2, -0.15) is 9.97 Å². The van der Waals surface area contributed by atoms with Crippen molar-refractivity contribution in [2.45, 2.75) is 0 Å². The number of ether oxygens (including phenoxy) is 4. The third-order valence-corrected chi connectivity index (χ3v) is 12.4. The average molecular weight is 658 g/mol. The molecule has 0 atom stereocenters. The molecule has 6 aromatic rings. The van der Waals surface area contributed by atoms with Crippen LogP contribution >= 0.6 is 15.8 Å². The molecule has 47 heavy (non-hydrogen) atoms. The van der Waals surface area contributed by atoms with Crippen molar-refractivity contribution in [1.29, 1.82) is 5.41 Å². The zero-order valence-corrected chi connectivity index (χ0v) is 28.0. The Morgan fingerprint density at radius 3 is 1.15 bits per heavy atom. The first-order chi connectivity index (χ1) is 23.2. The van der Waals surface area contributed by atoms with Crippen LogP contribution in [0.2, 0.25) is 0 Å². The molecule has 0 amide bonds. The van der Waals surface area contributed by atoms with E-state index in [0.29, 0.717) is 17.6 Å². The van der Waals surface area contributed by atoms with Gasteiger partial charge in [-0.25, -0.2) is 0 Å². The summed E-state index contributed by atoms with van der Waals surface area (Å²) in [5, 5.41) is 14.2. The van der Waals surface area contributed by atoms with Gasteiger partial charge in [-0.3, -0.25) is 5.41 Å². The van der Waals surface area contributed by atoms with Crippen molar-refractivity contribution in [2.75, 3.05) is 21.3 Å². The first-order valence-electron chi connectivity index (χ1n) is 14.8. The Morgan fingerprint density at radius 1 is 0.489 bits per heavy atom. The van der Waals surface area contributed by atoms with E-state index in [0.717, 1.165) is 49.4 Å². The second-order valence-electron chi connectivity index (χ2n) is 10.2. The number of benzene rings is 4. The molecular weight excluding hydrogens is 624 g/mol. The molecule has 0 bridgehead atoms. The smallest absolute Gasteiger partial charge is 0.225 e. The number of aromatic nitrogens is 2. The van der Waals surface area contributed by atoms with Crippen LogP contribution in [-0.2, 0) is 0 Å². The zero-order chi connectivity index (χ0) is 32.6. The highest BCUT2D eigenvalue weighted by Crippen LogP contribution is 2.47. The summed E-state index contributed by atoms with van der Waals surface area (Å²) in [6, 6.07) is 45.6. The van der Waals surface area contributed by atoms with Crippen LogP contribution < -0.4 is 50.8 Å². The second-order valence-corrected chi connectivity index (χ2v) is 14.6. The summed E-state index contributed by atoms with van der Waals surface area (Å²) < 4.78 is 23.6. The lowest BCUT2D eigenvalue weighted by atomic mass is 10.1. The van der Waals surface area contributed by atoms with E-state index in [1.807, 2.05) is 60.7 Å². The van der Waals surface area contributed by atoms with E-state index in [4.69, 9.17) is 34.3 Å². The normalized spacial score (nSPS) is 10.9. The quantitative estimate of drug-likeness (QED) is 0.104. The van der Waals surface area contributed by atoms with Crippen LogP contribution in [-0.4, -0.2) is 37.7 Å². The fourth-order valence-electron chi connectivity index (χ4n) is 5.48. The van der Waals surface area contributed by atoms with Gasteiger partial charge in [0, 0.05) is 22.7 Å². The lowest BCUT2D eigenvalue weighted by Crippen LogP contribution is -2.27.